The number of rotatable bonds is 1. The third-order valence-electron chi connectivity index (χ3n) is 2.17. The normalized spacial score (nSPS) is 10.3. The van der Waals surface area contributed by atoms with Crippen molar-refractivity contribution >= 4 is 6.29 Å². The second kappa shape index (κ2) is 4.79. The first-order valence-corrected chi connectivity index (χ1v) is 5.07. The summed E-state index contributed by atoms with van der Waals surface area (Å²) in [6.07, 6.45) is 1.12. The van der Waals surface area contributed by atoms with Crippen molar-refractivity contribution in [3.8, 4) is 11.8 Å². The summed E-state index contributed by atoms with van der Waals surface area (Å²) < 4.78 is 0. The lowest BCUT2D eigenvalue weighted by Gasteiger charge is -2.18. The van der Waals surface area contributed by atoms with Gasteiger partial charge in [0.25, 0.3) is 0 Å². The van der Waals surface area contributed by atoms with Crippen LogP contribution in [0.1, 0.15) is 38.3 Å². The second-order valence-corrected chi connectivity index (χ2v) is 4.50. The van der Waals surface area contributed by atoms with Gasteiger partial charge >= 0.3 is 0 Å². The van der Waals surface area contributed by atoms with Crippen molar-refractivity contribution < 1.29 is 4.79 Å². The number of aldehydes is 1. The lowest BCUT2D eigenvalue weighted by molar-refractivity contribution is -0.107. The van der Waals surface area contributed by atoms with E-state index >= 15 is 0 Å². The molecule has 1 aromatic rings. The van der Waals surface area contributed by atoms with Gasteiger partial charge in [-0.05, 0) is 23.1 Å². The standard InChI is InChI=1S/C14H16O/c1-14(2,3)13-9-7-12(8-10-13)6-4-5-11-15/h7-11H,5H2,1-3H3. The van der Waals surface area contributed by atoms with Gasteiger partial charge in [-0.1, -0.05) is 44.7 Å². The Morgan fingerprint density at radius 3 is 2.27 bits per heavy atom. The van der Waals surface area contributed by atoms with Crippen molar-refractivity contribution in [2.45, 2.75) is 32.6 Å². The molecule has 0 aromatic heterocycles. The Bertz CT molecular complexity index is 382. The molecule has 0 aliphatic carbocycles. The van der Waals surface area contributed by atoms with E-state index in [1.165, 1.54) is 5.56 Å². The van der Waals surface area contributed by atoms with E-state index in [9.17, 15) is 4.79 Å². The van der Waals surface area contributed by atoms with E-state index in [2.05, 4.69) is 44.7 Å². The lowest BCUT2D eigenvalue weighted by Crippen LogP contribution is -2.10. The molecule has 0 fully saturated rings. The summed E-state index contributed by atoms with van der Waals surface area (Å²) in [5.41, 5.74) is 2.43. The average molecular weight is 200 g/mol. The molecule has 0 heterocycles. The van der Waals surface area contributed by atoms with Crippen LogP contribution in [0.2, 0.25) is 0 Å². The molecule has 0 saturated heterocycles. The molecule has 78 valence electrons. The molecule has 0 aliphatic heterocycles. The summed E-state index contributed by atoms with van der Waals surface area (Å²) in [5, 5.41) is 0. The first-order chi connectivity index (χ1) is 7.04. The van der Waals surface area contributed by atoms with Gasteiger partial charge in [0.05, 0.1) is 6.42 Å². The Kier molecular flexibility index (Phi) is 3.68. The van der Waals surface area contributed by atoms with Crippen molar-refractivity contribution in [2.75, 3.05) is 0 Å². The van der Waals surface area contributed by atoms with Gasteiger partial charge < -0.3 is 4.79 Å². The first-order valence-electron chi connectivity index (χ1n) is 5.07. The molecule has 1 heteroatoms. The van der Waals surface area contributed by atoms with Gasteiger partial charge in [-0.2, -0.15) is 0 Å². The number of carbonyl (C=O) groups is 1. The van der Waals surface area contributed by atoms with Crippen molar-refractivity contribution in [3.63, 3.8) is 0 Å². The molecular weight excluding hydrogens is 184 g/mol. The van der Waals surface area contributed by atoms with Crippen LogP contribution >= 0.6 is 0 Å². The van der Waals surface area contributed by atoms with Crippen LogP contribution in [0.15, 0.2) is 24.3 Å². The third kappa shape index (κ3) is 3.59. The molecule has 0 N–H and O–H groups in total. The van der Waals surface area contributed by atoms with Gasteiger partial charge in [0.15, 0.2) is 0 Å². The molecule has 0 saturated carbocycles. The van der Waals surface area contributed by atoms with Gasteiger partial charge in [0.2, 0.25) is 0 Å². The molecule has 0 unspecified atom stereocenters. The van der Waals surface area contributed by atoms with Crippen LogP contribution in [0.25, 0.3) is 0 Å². The molecule has 1 nitrogen and oxygen atoms in total. The van der Waals surface area contributed by atoms with Crippen molar-refractivity contribution in [1.29, 1.82) is 0 Å². The highest BCUT2D eigenvalue weighted by atomic mass is 16.1. The number of benzene rings is 1. The molecular formula is C14H16O. The minimum Gasteiger partial charge on any atom is -0.302 e. The van der Waals surface area contributed by atoms with E-state index < -0.39 is 0 Å². The van der Waals surface area contributed by atoms with Gasteiger partial charge in [0, 0.05) is 5.56 Å². The highest BCUT2D eigenvalue weighted by molar-refractivity contribution is 5.55. The Balaban J connectivity index is 2.83. The van der Waals surface area contributed by atoms with E-state index in [-0.39, 0.29) is 5.41 Å². The molecule has 0 atom stereocenters. The minimum atomic E-state index is 0.175. The van der Waals surface area contributed by atoms with Crippen LogP contribution in [0, 0.1) is 11.8 Å². The fraction of sp³-hybridized carbons (Fsp3) is 0.357. The maximum atomic E-state index is 10.1. The first kappa shape index (κ1) is 11.5. The highest BCUT2D eigenvalue weighted by Gasteiger charge is 2.12. The summed E-state index contributed by atoms with van der Waals surface area (Å²) >= 11 is 0. The molecule has 0 amide bonds. The van der Waals surface area contributed by atoms with Crippen molar-refractivity contribution in [1.82, 2.24) is 0 Å². The van der Waals surface area contributed by atoms with E-state index in [0.29, 0.717) is 6.42 Å². The number of hydrogen-bond donors (Lipinski definition) is 0. The summed E-state index contributed by atoms with van der Waals surface area (Å²) in [6, 6.07) is 8.17. The van der Waals surface area contributed by atoms with Gasteiger partial charge in [-0.25, -0.2) is 0 Å². The van der Waals surface area contributed by atoms with Crippen LogP contribution in [-0.2, 0) is 10.2 Å². The largest absolute Gasteiger partial charge is 0.302 e. The minimum absolute atomic E-state index is 0.175. The summed E-state index contributed by atoms with van der Waals surface area (Å²) in [7, 11) is 0. The van der Waals surface area contributed by atoms with Gasteiger partial charge in [-0.15, -0.1) is 0 Å². The predicted octanol–water partition coefficient (Wildman–Crippen LogP) is 2.92. The molecule has 15 heavy (non-hydrogen) atoms. The fourth-order valence-electron chi connectivity index (χ4n) is 1.25. The lowest BCUT2D eigenvalue weighted by atomic mass is 9.87. The molecule has 0 bridgehead atoms. The van der Waals surface area contributed by atoms with Crippen LogP contribution in [-0.4, -0.2) is 6.29 Å². The van der Waals surface area contributed by atoms with Crippen molar-refractivity contribution in [3.05, 3.63) is 35.4 Å². The maximum Gasteiger partial charge on any atom is 0.131 e. The van der Waals surface area contributed by atoms with Crippen LogP contribution in [0.5, 0.6) is 0 Å². The van der Waals surface area contributed by atoms with Crippen LogP contribution in [0.3, 0.4) is 0 Å². The fourth-order valence-corrected chi connectivity index (χ4v) is 1.25. The zero-order valence-electron chi connectivity index (χ0n) is 9.50. The smallest absolute Gasteiger partial charge is 0.131 e. The second-order valence-electron chi connectivity index (χ2n) is 4.50. The summed E-state index contributed by atoms with van der Waals surface area (Å²) in [6.45, 7) is 6.54. The van der Waals surface area contributed by atoms with Gasteiger partial charge in [0.1, 0.15) is 6.29 Å². The van der Waals surface area contributed by atoms with Crippen molar-refractivity contribution in [2.24, 2.45) is 0 Å². The van der Waals surface area contributed by atoms with E-state index in [0.717, 1.165) is 11.8 Å². The Morgan fingerprint density at radius 2 is 1.80 bits per heavy atom. The predicted molar refractivity (Wildman–Crippen MR) is 62.7 cm³/mol. The topological polar surface area (TPSA) is 17.1 Å². The molecule has 1 aromatic carbocycles. The summed E-state index contributed by atoms with van der Waals surface area (Å²) in [5.74, 6) is 5.73. The number of carbonyl (C=O) groups excluding carboxylic acids is 1. The molecule has 0 radical (unpaired) electrons. The van der Waals surface area contributed by atoms with Crippen LogP contribution in [0.4, 0.5) is 0 Å². The SMILES string of the molecule is CC(C)(C)c1ccc(C#CCC=O)cc1. The van der Waals surface area contributed by atoms with E-state index in [1.807, 2.05) is 12.1 Å². The van der Waals surface area contributed by atoms with E-state index in [1.54, 1.807) is 0 Å². The third-order valence-corrected chi connectivity index (χ3v) is 2.17. The van der Waals surface area contributed by atoms with Gasteiger partial charge in [-0.3, -0.25) is 0 Å². The molecule has 0 aliphatic rings. The molecule has 1 rings (SSSR count). The Morgan fingerprint density at radius 1 is 1.20 bits per heavy atom. The van der Waals surface area contributed by atoms with E-state index in [4.69, 9.17) is 0 Å². The molecule has 0 spiro atoms. The average Bonchev–Trinajstić information content (AvgIpc) is 2.18. The quantitative estimate of drug-likeness (QED) is 0.503. The Hall–Kier alpha value is -1.55. The highest BCUT2D eigenvalue weighted by Crippen LogP contribution is 2.21. The summed E-state index contributed by atoms with van der Waals surface area (Å²) in [4.78, 5) is 10.1. The maximum absolute atomic E-state index is 10.1. The Labute approximate surface area is 91.5 Å². The van der Waals surface area contributed by atoms with Crippen LogP contribution < -0.4 is 0 Å². The zero-order valence-corrected chi connectivity index (χ0v) is 9.50. The zero-order chi connectivity index (χ0) is 11.3. The monoisotopic (exact) mass is 200 g/mol. The number of hydrogen-bond acceptors (Lipinski definition) is 1.